The summed E-state index contributed by atoms with van der Waals surface area (Å²) in [5, 5.41) is 0. The second kappa shape index (κ2) is 9.04. The average molecular weight is 368 g/mol. The minimum absolute atomic E-state index is 0.0430. The van der Waals surface area contributed by atoms with Gasteiger partial charge in [0.05, 0.1) is 5.75 Å². The van der Waals surface area contributed by atoms with Crippen molar-refractivity contribution in [1.29, 1.82) is 0 Å². The van der Waals surface area contributed by atoms with E-state index < -0.39 is 0 Å². The molecule has 1 fully saturated rings. The van der Waals surface area contributed by atoms with Crippen molar-refractivity contribution in [2.45, 2.75) is 25.5 Å². The molecule has 1 saturated heterocycles. The van der Waals surface area contributed by atoms with Crippen molar-refractivity contribution in [3.63, 3.8) is 0 Å². The zero-order valence-electron chi connectivity index (χ0n) is 15.2. The predicted octanol–water partition coefficient (Wildman–Crippen LogP) is 4.35. The van der Waals surface area contributed by atoms with Crippen LogP contribution in [0.4, 0.5) is 0 Å². The van der Waals surface area contributed by atoms with E-state index in [4.69, 9.17) is 0 Å². The Kier molecular flexibility index (Phi) is 6.51. The van der Waals surface area contributed by atoms with Crippen molar-refractivity contribution < 1.29 is 9.59 Å². The molecule has 26 heavy (non-hydrogen) atoms. The molecule has 1 aliphatic rings. The highest BCUT2D eigenvalue weighted by Gasteiger charge is 2.27. The molecule has 1 aliphatic heterocycles. The third-order valence-corrected chi connectivity index (χ3v) is 5.84. The molecule has 0 radical (unpaired) electrons. The van der Waals surface area contributed by atoms with Crippen LogP contribution in [0.15, 0.2) is 54.6 Å². The lowest BCUT2D eigenvalue weighted by atomic mass is 9.89. The summed E-state index contributed by atoms with van der Waals surface area (Å²) in [5.41, 5.74) is 3.29. The number of Topliss-reactive ketones (excluding diaryl/α,β-unsaturated/α-hetero) is 1. The Bertz CT molecular complexity index is 752. The van der Waals surface area contributed by atoms with Crippen LogP contribution in [0.3, 0.4) is 0 Å². The summed E-state index contributed by atoms with van der Waals surface area (Å²) in [5.74, 6) is 1.81. The molecule has 3 nitrogen and oxygen atoms in total. The first-order valence-electron chi connectivity index (χ1n) is 9.14. The van der Waals surface area contributed by atoms with Gasteiger partial charge in [0.15, 0.2) is 5.78 Å². The van der Waals surface area contributed by atoms with E-state index in [1.807, 2.05) is 35.2 Å². The maximum Gasteiger partial charge on any atom is 0.232 e. The van der Waals surface area contributed by atoms with Gasteiger partial charge in [0.2, 0.25) is 5.91 Å². The van der Waals surface area contributed by atoms with Crippen LogP contribution in [0.1, 0.15) is 34.3 Å². The molecule has 0 atom stereocenters. The molecule has 136 valence electrons. The SMILES string of the molecule is Cc1cccc(CSCC(=O)N2CCC(C(=O)c3ccccc3)CC2)c1. The number of nitrogens with zero attached hydrogens (tertiary/aromatic N) is 1. The molecule has 4 heteroatoms. The van der Waals surface area contributed by atoms with Crippen molar-refractivity contribution in [2.24, 2.45) is 5.92 Å². The van der Waals surface area contributed by atoms with Crippen molar-refractivity contribution in [1.82, 2.24) is 4.90 Å². The van der Waals surface area contributed by atoms with E-state index in [1.165, 1.54) is 11.1 Å². The molecule has 0 spiro atoms. The van der Waals surface area contributed by atoms with E-state index in [2.05, 4.69) is 31.2 Å². The van der Waals surface area contributed by atoms with E-state index in [1.54, 1.807) is 11.8 Å². The minimum Gasteiger partial charge on any atom is -0.342 e. The van der Waals surface area contributed by atoms with Gasteiger partial charge in [0, 0.05) is 30.3 Å². The summed E-state index contributed by atoms with van der Waals surface area (Å²) in [4.78, 5) is 26.9. The summed E-state index contributed by atoms with van der Waals surface area (Å²) in [7, 11) is 0. The van der Waals surface area contributed by atoms with Crippen LogP contribution >= 0.6 is 11.8 Å². The normalized spacial score (nSPS) is 15.0. The number of ketones is 1. The Morgan fingerprint density at radius 2 is 1.77 bits per heavy atom. The van der Waals surface area contributed by atoms with Crippen LogP contribution in [0, 0.1) is 12.8 Å². The second-order valence-corrected chi connectivity index (χ2v) is 7.85. The third-order valence-electron chi connectivity index (χ3n) is 4.85. The van der Waals surface area contributed by atoms with Crippen LogP contribution in [0.2, 0.25) is 0 Å². The van der Waals surface area contributed by atoms with Gasteiger partial charge in [-0.15, -0.1) is 11.8 Å². The first-order chi connectivity index (χ1) is 12.6. The molecule has 2 aromatic rings. The highest BCUT2D eigenvalue weighted by molar-refractivity contribution is 7.99. The van der Waals surface area contributed by atoms with Crippen LogP contribution in [-0.2, 0) is 10.5 Å². The van der Waals surface area contributed by atoms with E-state index in [9.17, 15) is 9.59 Å². The fourth-order valence-corrected chi connectivity index (χ4v) is 4.25. The standard InChI is InChI=1S/C22H25NO2S/c1-17-6-5-7-18(14-17)15-26-16-21(24)23-12-10-20(11-13-23)22(25)19-8-3-2-4-9-19/h2-9,14,20H,10-13,15-16H2,1H3. The number of hydrogen-bond acceptors (Lipinski definition) is 3. The third kappa shape index (κ3) is 4.98. The highest BCUT2D eigenvalue weighted by Crippen LogP contribution is 2.23. The van der Waals surface area contributed by atoms with Gasteiger partial charge < -0.3 is 4.90 Å². The molecular formula is C22H25NO2S. The highest BCUT2D eigenvalue weighted by atomic mass is 32.2. The molecule has 1 amide bonds. The monoisotopic (exact) mass is 367 g/mol. The largest absolute Gasteiger partial charge is 0.342 e. The topological polar surface area (TPSA) is 37.4 Å². The average Bonchev–Trinajstić information content (AvgIpc) is 2.68. The van der Waals surface area contributed by atoms with Crippen LogP contribution in [0.5, 0.6) is 0 Å². The van der Waals surface area contributed by atoms with Crippen LogP contribution in [0.25, 0.3) is 0 Å². The van der Waals surface area contributed by atoms with Gasteiger partial charge in [0.25, 0.3) is 0 Å². The zero-order valence-corrected chi connectivity index (χ0v) is 16.0. The number of amides is 1. The van der Waals surface area contributed by atoms with E-state index in [0.29, 0.717) is 18.8 Å². The summed E-state index contributed by atoms with van der Waals surface area (Å²) >= 11 is 1.66. The van der Waals surface area contributed by atoms with Crippen molar-refractivity contribution in [2.75, 3.05) is 18.8 Å². The molecule has 0 unspecified atom stereocenters. The quantitative estimate of drug-likeness (QED) is 0.712. The molecule has 3 rings (SSSR count). The van der Waals surface area contributed by atoms with E-state index in [0.717, 1.165) is 24.2 Å². The smallest absolute Gasteiger partial charge is 0.232 e. The zero-order chi connectivity index (χ0) is 18.4. The fraction of sp³-hybridized carbons (Fsp3) is 0.364. The Hall–Kier alpha value is -2.07. The molecule has 0 aliphatic carbocycles. The Morgan fingerprint density at radius 3 is 2.46 bits per heavy atom. The number of hydrogen-bond donors (Lipinski definition) is 0. The summed E-state index contributed by atoms with van der Waals surface area (Å²) in [6.45, 7) is 3.46. The van der Waals surface area contributed by atoms with Gasteiger partial charge in [-0.1, -0.05) is 60.2 Å². The summed E-state index contributed by atoms with van der Waals surface area (Å²) in [6.07, 6.45) is 1.53. The van der Waals surface area contributed by atoms with Crippen LogP contribution in [-0.4, -0.2) is 35.4 Å². The number of thioether (sulfide) groups is 1. The Labute approximate surface area is 159 Å². The molecule has 0 saturated carbocycles. The van der Waals surface area contributed by atoms with Crippen molar-refractivity contribution in [3.05, 3.63) is 71.3 Å². The first-order valence-corrected chi connectivity index (χ1v) is 10.3. The van der Waals surface area contributed by atoms with Gasteiger partial charge in [-0.25, -0.2) is 0 Å². The minimum atomic E-state index is 0.0430. The number of benzene rings is 2. The summed E-state index contributed by atoms with van der Waals surface area (Å²) < 4.78 is 0. The van der Waals surface area contributed by atoms with Gasteiger partial charge in [-0.3, -0.25) is 9.59 Å². The lowest BCUT2D eigenvalue weighted by molar-refractivity contribution is -0.129. The maximum atomic E-state index is 12.5. The molecular weight excluding hydrogens is 342 g/mol. The van der Waals surface area contributed by atoms with Gasteiger partial charge >= 0.3 is 0 Å². The van der Waals surface area contributed by atoms with E-state index in [-0.39, 0.29) is 17.6 Å². The maximum absolute atomic E-state index is 12.5. The fourth-order valence-electron chi connectivity index (χ4n) is 3.38. The number of rotatable bonds is 6. The Balaban J connectivity index is 1.43. The van der Waals surface area contributed by atoms with Gasteiger partial charge in [-0.2, -0.15) is 0 Å². The number of carbonyl (C=O) groups is 2. The molecule has 1 heterocycles. The molecule has 0 aromatic heterocycles. The Morgan fingerprint density at radius 1 is 1.04 bits per heavy atom. The number of piperidine rings is 1. The molecule has 0 N–H and O–H groups in total. The van der Waals surface area contributed by atoms with Crippen LogP contribution < -0.4 is 0 Å². The van der Waals surface area contributed by atoms with Crippen molar-refractivity contribution >= 4 is 23.5 Å². The van der Waals surface area contributed by atoms with Crippen molar-refractivity contribution in [3.8, 4) is 0 Å². The van der Waals surface area contributed by atoms with E-state index >= 15 is 0 Å². The number of likely N-dealkylation sites (tertiary alicyclic amines) is 1. The van der Waals surface area contributed by atoms with Gasteiger partial charge in [-0.05, 0) is 25.3 Å². The number of carbonyl (C=O) groups excluding carboxylic acids is 2. The van der Waals surface area contributed by atoms with Gasteiger partial charge in [0.1, 0.15) is 0 Å². The molecule has 0 bridgehead atoms. The molecule has 2 aromatic carbocycles. The number of aryl methyl sites for hydroxylation is 1. The summed E-state index contributed by atoms with van der Waals surface area (Å²) in [6, 6.07) is 17.9. The lowest BCUT2D eigenvalue weighted by Crippen LogP contribution is -2.41. The second-order valence-electron chi connectivity index (χ2n) is 6.87. The lowest BCUT2D eigenvalue weighted by Gasteiger charge is -2.31. The predicted molar refractivity (Wildman–Crippen MR) is 107 cm³/mol. The first kappa shape index (κ1) is 18.7.